The molecule has 216 valence electrons. The van der Waals surface area contributed by atoms with Gasteiger partial charge in [0.25, 0.3) is 5.91 Å². The molecule has 2 N–H and O–H groups in total. The maximum Gasteiger partial charge on any atom is 0.338 e. The molecular weight excluding hydrogens is 653 g/mol. The summed E-state index contributed by atoms with van der Waals surface area (Å²) >= 11 is 4.62. The molecule has 1 amide bonds. The van der Waals surface area contributed by atoms with E-state index in [1.165, 1.54) is 34.4 Å². The van der Waals surface area contributed by atoms with Crippen molar-refractivity contribution in [1.82, 2.24) is 19.9 Å². The molecule has 1 saturated heterocycles. The lowest BCUT2D eigenvalue weighted by Gasteiger charge is -2.36. The van der Waals surface area contributed by atoms with E-state index in [4.69, 9.17) is 9.73 Å². The number of ether oxygens (including phenoxy) is 1. The van der Waals surface area contributed by atoms with Crippen LogP contribution in [0.4, 0.5) is 4.39 Å². The van der Waals surface area contributed by atoms with Crippen LogP contribution in [-0.4, -0.2) is 87.9 Å². The number of carbonyl (C=O) groups excluding carboxylic acids is 2. The first-order valence-corrected chi connectivity index (χ1v) is 17.2. The number of hydrogen-bond donors (Lipinski definition) is 2. The van der Waals surface area contributed by atoms with Crippen molar-refractivity contribution >= 4 is 64.8 Å². The molecule has 40 heavy (non-hydrogen) atoms. The molecule has 2 unspecified atom stereocenters. The Morgan fingerprint density at radius 1 is 1.35 bits per heavy atom. The lowest BCUT2D eigenvalue weighted by Crippen LogP contribution is -2.57. The summed E-state index contributed by atoms with van der Waals surface area (Å²) in [6, 6.07) is 1.60. The Balaban J connectivity index is 1.83. The molecule has 1 aromatic heterocycles. The van der Waals surface area contributed by atoms with E-state index in [9.17, 15) is 30.8 Å². The van der Waals surface area contributed by atoms with E-state index < -0.39 is 55.4 Å². The van der Waals surface area contributed by atoms with E-state index in [2.05, 4.69) is 26.2 Å². The molecule has 4 rings (SSSR count). The summed E-state index contributed by atoms with van der Waals surface area (Å²) in [6.45, 7) is 1.39. The highest BCUT2D eigenvalue weighted by Crippen LogP contribution is 2.37. The third-order valence-corrected chi connectivity index (χ3v) is 9.67. The standard InChI is InChI=1S/C23H25BrFN5O7S3/c1-3-37-23(32)18-16(11-30-7-9-40(35,36)12-17(30)21(31)29-39(2,33)34)27-20(22-26-6-8-38-22)28-19(18)14-5-4-13(25)10-15(14)24/h4-6,8,10,17,19H,3,7,9,11-12H2,1-2H3,(H,27,28)(H,29,31). The quantitative estimate of drug-likeness (QED) is 0.387. The van der Waals surface area contributed by atoms with Gasteiger partial charge < -0.3 is 10.1 Å². The maximum atomic E-state index is 13.9. The number of esters is 1. The van der Waals surface area contributed by atoms with Crippen molar-refractivity contribution in [3.05, 3.63) is 61.9 Å². The fourth-order valence-electron chi connectivity index (χ4n) is 4.29. The summed E-state index contributed by atoms with van der Waals surface area (Å²) in [5.74, 6) is -2.85. The Morgan fingerprint density at radius 2 is 2.10 bits per heavy atom. The predicted molar refractivity (Wildman–Crippen MR) is 149 cm³/mol. The number of aliphatic imine (C=N–C) groups is 1. The van der Waals surface area contributed by atoms with Gasteiger partial charge in [-0.2, -0.15) is 0 Å². The molecule has 17 heteroatoms. The van der Waals surface area contributed by atoms with Gasteiger partial charge in [0.2, 0.25) is 10.0 Å². The molecule has 3 heterocycles. The van der Waals surface area contributed by atoms with E-state index in [1.807, 2.05) is 4.72 Å². The summed E-state index contributed by atoms with van der Waals surface area (Å²) in [5.41, 5.74) is 0.756. The van der Waals surface area contributed by atoms with Gasteiger partial charge >= 0.3 is 5.97 Å². The summed E-state index contributed by atoms with van der Waals surface area (Å²) in [7, 11) is -7.63. The highest BCUT2D eigenvalue weighted by Gasteiger charge is 2.40. The van der Waals surface area contributed by atoms with Gasteiger partial charge in [0.05, 0.1) is 29.9 Å². The van der Waals surface area contributed by atoms with E-state index >= 15 is 0 Å². The fraction of sp³-hybridized carbons (Fsp3) is 0.391. The van der Waals surface area contributed by atoms with Crippen molar-refractivity contribution in [3.8, 4) is 0 Å². The number of aromatic nitrogens is 1. The number of amidine groups is 1. The summed E-state index contributed by atoms with van der Waals surface area (Å²) in [6.07, 6.45) is 2.36. The first-order valence-electron chi connectivity index (χ1n) is 11.8. The lowest BCUT2D eigenvalue weighted by atomic mass is 9.95. The second-order valence-electron chi connectivity index (χ2n) is 8.96. The van der Waals surface area contributed by atoms with Crippen molar-refractivity contribution in [2.24, 2.45) is 4.99 Å². The topological polar surface area (TPSA) is 164 Å². The molecule has 12 nitrogen and oxygen atoms in total. The number of amides is 1. The monoisotopic (exact) mass is 677 g/mol. The Morgan fingerprint density at radius 3 is 2.73 bits per heavy atom. The molecule has 0 bridgehead atoms. The van der Waals surface area contributed by atoms with Crippen LogP contribution in [0.1, 0.15) is 23.5 Å². The van der Waals surface area contributed by atoms with Gasteiger partial charge in [0.1, 0.15) is 17.9 Å². The number of nitrogens with zero attached hydrogens (tertiary/aromatic N) is 3. The molecule has 0 spiro atoms. The number of nitrogens with one attached hydrogen (secondary N) is 2. The smallest absolute Gasteiger partial charge is 0.338 e. The first-order chi connectivity index (χ1) is 18.8. The zero-order valence-electron chi connectivity index (χ0n) is 21.3. The van der Waals surface area contributed by atoms with Crippen LogP contribution >= 0.6 is 27.3 Å². The predicted octanol–water partition coefficient (Wildman–Crippen LogP) is 1.13. The van der Waals surface area contributed by atoms with Gasteiger partial charge in [-0.15, -0.1) is 11.3 Å². The number of carbonyl (C=O) groups is 2. The average Bonchev–Trinajstić information content (AvgIpc) is 3.39. The number of sulfone groups is 1. The normalized spacial score (nSPS) is 21.4. The highest BCUT2D eigenvalue weighted by molar-refractivity contribution is 9.10. The van der Waals surface area contributed by atoms with Gasteiger partial charge in [0.15, 0.2) is 20.7 Å². The number of halogens is 2. The molecule has 2 aliphatic heterocycles. The minimum absolute atomic E-state index is 0.0390. The van der Waals surface area contributed by atoms with Crippen LogP contribution in [0, 0.1) is 5.82 Å². The molecular formula is C23H25BrFN5O7S3. The minimum Gasteiger partial charge on any atom is -0.463 e. The highest BCUT2D eigenvalue weighted by atomic mass is 79.9. The van der Waals surface area contributed by atoms with Crippen molar-refractivity contribution in [2.75, 3.05) is 37.5 Å². The lowest BCUT2D eigenvalue weighted by molar-refractivity contribution is -0.139. The third kappa shape index (κ3) is 7.12. The van der Waals surface area contributed by atoms with Gasteiger partial charge in [-0.3, -0.25) is 19.4 Å². The largest absolute Gasteiger partial charge is 0.463 e. The van der Waals surface area contributed by atoms with Crippen LogP contribution in [0.25, 0.3) is 0 Å². The second-order valence-corrected chi connectivity index (χ2v) is 14.7. The Hall–Kier alpha value is -2.73. The number of rotatable bonds is 8. The minimum atomic E-state index is -3.97. The van der Waals surface area contributed by atoms with E-state index in [0.29, 0.717) is 20.9 Å². The molecule has 2 aliphatic rings. The van der Waals surface area contributed by atoms with Crippen molar-refractivity contribution < 1.29 is 35.6 Å². The third-order valence-electron chi connectivity index (χ3n) is 6.01. The Kier molecular flexibility index (Phi) is 9.08. The van der Waals surface area contributed by atoms with Crippen LogP contribution in [0.2, 0.25) is 0 Å². The number of benzene rings is 1. The van der Waals surface area contributed by atoms with Crippen LogP contribution in [0.15, 0.2) is 50.5 Å². The Labute approximate surface area is 242 Å². The first kappa shape index (κ1) is 30.2. The molecule has 1 aromatic carbocycles. The van der Waals surface area contributed by atoms with Gasteiger partial charge in [0, 0.05) is 34.8 Å². The average molecular weight is 679 g/mol. The molecule has 1 fully saturated rings. The van der Waals surface area contributed by atoms with Crippen molar-refractivity contribution in [3.63, 3.8) is 0 Å². The summed E-state index contributed by atoms with van der Waals surface area (Å²) < 4.78 is 69.8. The SMILES string of the molecule is CCOC(=O)C1=C(CN2CCS(=O)(=O)CC2C(=O)NS(C)(=O)=O)NC(c2nccs2)=NC1c1ccc(F)cc1Br. The van der Waals surface area contributed by atoms with E-state index in [-0.39, 0.29) is 36.7 Å². The fourth-order valence-corrected chi connectivity index (χ4v) is 7.47. The zero-order chi connectivity index (χ0) is 29.2. The zero-order valence-corrected chi connectivity index (χ0v) is 25.3. The number of hydrogen-bond acceptors (Lipinski definition) is 12. The number of thiazole rings is 1. The Bertz CT molecular complexity index is 1590. The summed E-state index contributed by atoms with van der Waals surface area (Å²) in [4.78, 5) is 36.7. The van der Waals surface area contributed by atoms with Crippen LogP contribution in [-0.2, 0) is 34.2 Å². The second kappa shape index (κ2) is 12.0. The van der Waals surface area contributed by atoms with Gasteiger partial charge in [-0.1, -0.05) is 22.0 Å². The molecule has 0 aliphatic carbocycles. The van der Waals surface area contributed by atoms with Crippen molar-refractivity contribution in [1.29, 1.82) is 0 Å². The molecule has 0 saturated carbocycles. The van der Waals surface area contributed by atoms with Crippen LogP contribution in [0.3, 0.4) is 0 Å². The van der Waals surface area contributed by atoms with Gasteiger partial charge in [-0.05, 0) is 24.6 Å². The molecule has 0 radical (unpaired) electrons. The van der Waals surface area contributed by atoms with Crippen LogP contribution < -0.4 is 10.0 Å². The van der Waals surface area contributed by atoms with Gasteiger partial charge in [-0.25, -0.2) is 31.0 Å². The molecule has 2 aromatic rings. The molecule has 2 atom stereocenters. The van der Waals surface area contributed by atoms with Crippen molar-refractivity contribution in [2.45, 2.75) is 19.0 Å². The van der Waals surface area contributed by atoms with Crippen LogP contribution in [0.5, 0.6) is 0 Å². The summed E-state index contributed by atoms with van der Waals surface area (Å²) in [5, 5.41) is 5.31. The van der Waals surface area contributed by atoms with E-state index in [0.717, 1.165) is 6.26 Å². The maximum absolute atomic E-state index is 13.9. The number of sulfonamides is 1. The van der Waals surface area contributed by atoms with E-state index in [1.54, 1.807) is 18.5 Å².